The standard InChI is InChI=1S/C13H16ClN3O4/c1-8-4-12(17(19)20)10(14)6-11(8)16-13(18)5-9-7-21-3-2-15-9/h4,6,9,15H,2-3,5,7H2,1H3,(H,16,18). The van der Waals surface area contributed by atoms with Crippen LogP contribution in [0.5, 0.6) is 0 Å². The number of benzene rings is 1. The van der Waals surface area contributed by atoms with Gasteiger partial charge in [-0.15, -0.1) is 0 Å². The number of ether oxygens (including phenoxy) is 1. The second-order valence-corrected chi connectivity index (χ2v) is 5.26. The molecule has 0 spiro atoms. The van der Waals surface area contributed by atoms with E-state index in [1.165, 1.54) is 12.1 Å². The van der Waals surface area contributed by atoms with Crippen LogP contribution < -0.4 is 10.6 Å². The molecule has 1 atom stereocenters. The van der Waals surface area contributed by atoms with E-state index in [9.17, 15) is 14.9 Å². The lowest BCUT2D eigenvalue weighted by atomic mass is 10.1. The molecule has 0 aromatic heterocycles. The van der Waals surface area contributed by atoms with Crippen molar-refractivity contribution < 1.29 is 14.5 Å². The zero-order valence-electron chi connectivity index (χ0n) is 11.5. The molecule has 0 bridgehead atoms. The lowest BCUT2D eigenvalue weighted by molar-refractivity contribution is -0.384. The van der Waals surface area contributed by atoms with E-state index in [-0.39, 0.29) is 29.1 Å². The molecule has 1 aliphatic heterocycles. The number of amides is 1. The highest BCUT2D eigenvalue weighted by atomic mass is 35.5. The fourth-order valence-electron chi connectivity index (χ4n) is 2.12. The summed E-state index contributed by atoms with van der Waals surface area (Å²) in [6.45, 7) is 3.55. The Bertz CT molecular complexity index is 559. The molecule has 1 heterocycles. The number of aryl methyl sites for hydroxylation is 1. The predicted octanol–water partition coefficient (Wildman–Crippen LogP) is 1.87. The van der Waals surface area contributed by atoms with Crippen LogP contribution in [-0.2, 0) is 9.53 Å². The van der Waals surface area contributed by atoms with Crippen LogP contribution in [0, 0.1) is 17.0 Å². The first kappa shape index (κ1) is 15.7. The molecular formula is C13H16ClN3O4. The Morgan fingerprint density at radius 3 is 3.00 bits per heavy atom. The van der Waals surface area contributed by atoms with E-state index in [1.54, 1.807) is 6.92 Å². The summed E-state index contributed by atoms with van der Waals surface area (Å²) < 4.78 is 5.28. The highest BCUT2D eigenvalue weighted by molar-refractivity contribution is 6.33. The number of nitrogens with one attached hydrogen (secondary N) is 2. The Morgan fingerprint density at radius 1 is 1.62 bits per heavy atom. The third-order valence-corrected chi connectivity index (χ3v) is 3.50. The van der Waals surface area contributed by atoms with Crippen LogP contribution in [0.3, 0.4) is 0 Å². The van der Waals surface area contributed by atoms with Crippen LogP contribution in [0.2, 0.25) is 5.02 Å². The van der Waals surface area contributed by atoms with Crippen molar-refractivity contribution >= 4 is 28.9 Å². The van der Waals surface area contributed by atoms with Crippen LogP contribution in [0.4, 0.5) is 11.4 Å². The quantitative estimate of drug-likeness (QED) is 0.654. The molecule has 1 aliphatic rings. The minimum absolute atomic E-state index is 0.0000229. The molecule has 114 valence electrons. The number of nitrogens with zero attached hydrogens (tertiary/aromatic N) is 1. The van der Waals surface area contributed by atoms with Gasteiger partial charge in [-0.1, -0.05) is 11.6 Å². The maximum atomic E-state index is 12.0. The van der Waals surface area contributed by atoms with Gasteiger partial charge in [-0.2, -0.15) is 0 Å². The lowest BCUT2D eigenvalue weighted by Gasteiger charge is -2.23. The number of hydrogen-bond donors (Lipinski definition) is 2. The summed E-state index contributed by atoms with van der Waals surface area (Å²) in [6.07, 6.45) is 0.272. The van der Waals surface area contributed by atoms with Gasteiger partial charge in [-0.05, 0) is 18.6 Å². The molecule has 21 heavy (non-hydrogen) atoms. The van der Waals surface area contributed by atoms with E-state index in [4.69, 9.17) is 16.3 Å². The topological polar surface area (TPSA) is 93.5 Å². The van der Waals surface area contributed by atoms with Gasteiger partial charge in [0.2, 0.25) is 5.91 Å². The molecule has 1 saturated heterocycles. The van der Waals surface area contributed by atoms with Gasteiger partial charge >= 0.3 is 0 Å². The normalized spacial score (nSPS) is 18.3. The molecule has 1 unspecified atom stereocenters. The Kier molecular flexibility index (Phi) is 5.11. The number of carbonyl (C=O) groups excluding carboxylic acids is 1. The number of halogens is 1. The Labute approximate surface area is 126 Å². The van der Waals surface area contributed by atoms with Crippen LogP contribution >= 0.6 is 11.6 Å². The van der Waals surface area contributed by atoms with Crippen molar-refractivity contribution in [3.05, 3.63) is 32.8 Å². The van der Waals surface area contributed by atoms with E-state index in [1.807, 2.05) is 0 Å². The number of hydrogen-bond acceptors (Lipinski definition) is 5. The summed E-state index contributed by atoms with van der Waals surface area (Å²) in [4.78, 5) is 22.2. The molecule has 1 amide bonds. The van der Waals surface area contributed by atoms with Gasteiger partial charge in [0.05, 0.1) is 18.1 Å². The Hall–Kier alpha value is -1.70. The highest BCUT2D eigenvalue weighted by Crippen LogP contribution is 2.30. The van der Waals surface area contributed by atoms with Crippen molar-refractivity contribution in [2.75, 3.05) is 25.1 Å². The second kappa shape index (κ2) is 6.84. The fraction of sp³-hybridized carbons (Fsp3) is 0.462. The average molecular weight is 314 g/mol. The fourth-order valence-corrected chi connectivity index (χ4v) is 2.35. The van der Waals surface area contributed by atoms with Crippen molar-refractivity contribution in [1.29, 1.82) is 0 Å². The highest BCUT2D eigenvalue weighted by Gasteiger charge is 2.19. The number of nitro benzene ring substituents is 1. The molecule has 1 aromatic rings. The average Bonchev–Trinajstić information content (AvgIpc) is 2.43. The summed E-state index contributed by atoms with van der Waals surface area (Å²) in [5, 5.41) is 16.7. The lowest BCUT2D eigenvalue weighted by Crippen LogP contribution is -2.43. The Morgan fingerprint density at radius 2 is 2.38 bits per heavy atom. The number of carbonyl (C=O) groups is 1. The number of anilines is 1. The van der Waals surface area contributed by atoms with Gasteiger partial charge in [-0.25, -0.2) is 0 Å². The molecule has 2 rings (SSSR count). The van der Waals surface area contributed by atoms with Gasteiger partial charge < -0.3 is 15.4 Å². The van der Waals surface area contributed by atoms with E-state index in [0.29, 0.717) is 24.5 Å². The summed E-state index contributed by atoms with van der Waals surface area (Å²) in [5.74, 6) is -0.189. The maximum Gasteiger partial charge on any atom is 0.288 e. The molecule has 1 fully saturated rings. The van der Waals surface area contributed by atoms with Crippen molar-refractivity contribution in [2.24, 2.45) is 0 Å². The summed E-state index contributed by atoms with van der Waals surface area (Å²) >= 11 is 5.85. The van der Waals surface area contributed by atoms with Crippen molar-refractivity contribution in [1.82, 2.24) is 5.32 Å². The summed E-state index contributed by atoms with van der Waals surface area (Å²) in [7, 11) is 0. The Balaban J connectivity index is 2.03. The summed E-state index contributed by atoms with van der Waals surface area (Å²) in [5.41, 5.74) is 0.897. The second-order valence-electron chi connectivity index (χ2n) is 4.85. The number of morpholine rings is 1. The molecule has 2 N–H and O–H groups in total. The summed E-state index contributed by atoms with van der Waals surface area (Å²) in [6, 6.07) is 2.73. The SMILES string of the molecule is Cc1cc([N+](=O)[O-])c(Cl)cc1NC(=O)CC1COCCN1. The smallest absolute Gasteiger partial charge is 0.288 e. The first-order chi connectivity index (χ1) is 9.97. The zero-order valence-corrected chi connectivity index (χ0v) is 12.3. The van der Waals surface area contributed by atoms with Gasteiger partial charge in [0.25, 0.3) is 5.69 Å². The molecule has 8 heteroatoms. The van der Waals surface area contributed by atoms with Gasteiger partial charge in [0.1, 0.15) is 5.02 Å². The molecule has 1 aromatic carbocycles. The van der Waals surface area contributed by atoms with Crippen LogP contribution in [0.25, 0.3) is 0 Å². The molecule has 0 aliphatic carbocycles. The molecule has 0 radical (unpaired) electrons. The van der Waals surface area contributed by atoms with E-state index < -0.39 is 4.92 Å². The number of rotatable bonds is 4. The monoisotopic (exact) mass is 313 g/mol. The largest absolute Gasteiger partial charge is 0.378 e. The van der Waals surface area contributed by atoms with Crippen molar-refractivity contribution in [3.8, 4) is 0 Å². The molecule has 7 nitrogen and oxygen atoms in total. The van der Waals surface area contributed by atoms with E-state index >= 15 is 0 Å². The first-order valence-electron chi connectivity index (χ1n) is 6.53. The van der Waals surface area contributed by atoms with Gasteiger partial charge in [0, 0.05) is 30.8 Å². The van der Waals surface area contributed by atoms with Crippen LogP contribution in [-0.4, -0.2) is 36.6 Å². The van der Waals surface area contributed by atoms with Crippen molar-refractivity contribution in [3.63, 3.8) is 0 Å². The van der Waals surface area contributed by atoms with Crippen LogP contribution in [0.1, 0.15) is 12.0 Å². The minimum atomic E-state index is -0.551. The maximum absolute atomic E-state index is 12.0. The van der Waals surface area contributed by atoms with Gasteiger partial charge in [0.15, 0.2) is 0 Å². The minimum Gasteiger partial charge on any atom is -0.378 e. The number of nitro groups is 1. The first-order valence-corrected chi connectivity index (χ1v) is 6.90. The third kappa shape index (κ3) is 4.13. The predicted molar refractivity (Wildman–Crippen MR) is 78.7 cm³/mol. The molecule has 0 saturated carbocycles. The zero-order chi connectivity index (χ0) is 15.4. The van der Waals surface area contributed by atoms with Crippen molar-refractivity contribution in [2.45, 2.75) is 19.4 Å². The van der Waals surface area contributed by atoms with Gasteiger partial charge in [-0.3, -0.25) is 14.9 Å². The molecular weight excluding hydrogens is 298 g/mol. The van der Waals surface area contributed by atoms with Crippen LogP contribution in [0.15, 0.2) is 12.1 Å². The third-order valence-electron chi connectivity index (χ3n) is 3.19. The van der Waals surface area contributed by atoms with E-state index in [0.717, 1.165) is 6.54 Å². The van der Waals surface area contributed by atoms with E-state index in [2.05, 4.69) is 10.6 Å².